The lowest BCUT2D eigenvalue weighted by Gasteiger charge is -2.24. The molecule has 1 amide bonds. The molecule has 0 saturated carbocycles. The molecule has 0 aromatic rings. The maximum atomic E-state index is 13.2. The number of hydrogen-bond acceptors (Lipinski definition) is 1. The Balaban J connectivity index is 4.02. The Bertz CT molecular complexity index is 537. The highest BCUT2D eigenvalue weighted by molar-refractivity contribution is 5.76. The van der Waals surface area contributed by atoms with Gasteiger partial charge in [-0.15, -0.1) is 0 Å². The fourth-order valence-electron chi connectivity index (χ4n) is 6.55. The standard InChI is InChI=1S/C41H85N2O/c1-6-8-10-12-14-16-18-20-22-24-26-28-30-34-38-42(41(44)37-33-32-36-40-43(3,4)5)39-35-31-29-27-25-23-21-19-17-15-13-11-9-7-2/h6-40H2,1-5H3/q+1. The first-order valence-electron chi connectivity index (χ1n) is 20.5. The van der Waals surface area contributed by atoms with Gasteiger partial charge < -0.3 is 9.38 Å². The van der Waals surface area contributed by atoms with Crippen LogP contribution in [-0.2, 0) is 4.79 Å². The Morgan fingerprint density at radius 1 is 0.386 bits per heavy atom. The van der Waals surface area contributed by atoms with Crippen LogP contribution >= 0.6 is 0 Å². The van der Waals surface area contributed by atoms with Crippen LogP contribution < -0.4 is 0 Å². The Morgan fingerprint density at radius 3 is 0.955 bits per heavy atom. The molecule has 0 aliphatic heterocycles. The van der Waals surface area contributed by atoms with Crippen molar-refractivity contribution in [1.82, 2.24) is 4.90 Å². The minimum Gasteiger partial charge on any atom is -0.343 e. The smallest absolute Gasteiger partial charge is 0.222 e. The Labute approximate surface area is 279 Å². The molecule has 0 unspecified atom stereocenters. The van der Waals surface area contributed by atoms with E-state index in [2.05, 4.69) is 39.9 Å². The van der Waals surface area contributed by atoms with Crippen LogP contribution in [0.2, 0.25) is 0 Å². The summed E-state index contributed by atoms with van der Waals surface area (Å²) in [5, 5.41) is 0. The molecule has 44 heavy (non-hydrogen) atoms. The highest BCUT2D eigenvalue weighted by Gasteiger charge is 2.13. The van der Waals surface area contributed by atoms with Crippen LogP contribution in [0, 0.1) is 0 Å². The van der Waals surface area contributed by atoms with Crippen molar-refractivity contribution in [2.24, 2.45) is 0 Å². The molecule has 3 heteroatoms. The van der Waals surface area contributed by atoms with Gasteiger partial charge in [-0.3, -0.25) is 4.79 Å². The van der Waals surface area contributed by atoms with Crippen molar-refractivity contribution in [1.29, 1.82) is 0 Å². The number of rotatable bonds is 36. The van der Waals surface area contributed by atoms with Crippen LogP contribution in [0.15, 0.2) is 0 Å². The van der Waals surface area contributed by atoms with Crippen LogP contribution in [0.1, 0.15) is 219 Å². The molecule has 0 saturated heterocycles. The van der Waals surface area contributed by atoms with Crippen LogP contribution in [-0.4, -0.2) is 56.1 Å². The van der Waals surface area contributed by atoms with E-state index in [1.54, 1.807) is 0 Å². The second-order valence-electron chi connectivity index (χ2n) is 15.4. The number of quaternary nitrogens is 1. The maximum absolute atomic E-state index is 13.2. The zero-order valence-electron chi connectivity index (χ0n) is 31.6. The Kier molecular flexibility index (Phi) is 33.3. The van der Waals surface area contributed by atoms with Gasteiger partial charge in [-0.1, -0.05) is 181 Å². The lowest BCUT2D eigenvalue weighted by Crippen LogP contribution is -2.35. The van der Waals surface area contributed by atoms with E-state index in [0.29, 0.717) is 5.91 Å². The van der Waals surface area contributed by atoms with Gasteiger partial charge >= 0.3 is 0 Å². The van der Waals surface area contributed by atoms with E-state index in [1.165, 1.54) is 199 Å². The van der Waals surface area contributed by atoms with E-state index < -0.39 is 0 Å². The highest BCUT2D eigenvalue weighted by Crippen LogP contribution is 2.16. The SMILES string of the molecule is CCCCCCCCCCCCCCCCN(CCCCCCCCCCCCCCCC)C(=O)CCCCC[N+](C)(C)C. The highest BCUT2D eigenvalue weighted by atomic mass is 16.2. The van der Waals surface area contributed by atoms with Gasteiger partial charge in [-0.05, 0) is 32.1 Å². The third kappa shape index (κ3) is 34.3. The first-order valence-corrected chi connectivity index (χ1v) is 20.5. The first-order chi connectivity index (χ1) is 21.4. The van der Waals surface area contributed by atoms with E-state index in [-0.39, 0.29) is 0 Å². The molecule has 0 rings (SSSR count). The van der Waals surface area contributed by atoms with Gasteiger partial charge in [0.25, 0.3) is 0 Å². The molecule has 264 valence electrons. The van der Waals surface area contributed by atoms with Gasteiger partial charge in [0.1, 0.15) is 0 Å². The second kappa shape index (κ2) is 33.8. The Morgan fingerprint density at radius 2 is 0.659 bits per heavy atom. The van der Waals surface area contributed by atoms with E-state index in [9.17, 15) is 4.79 Å². The molecule has 0 aromatic carbocycles. The minimum atomic E-state index is 0.430. The third-order valence-electron chi connectivity index (χ3n) is 9.64. The molecule has 0 spiro atoms. The monoisotopic (exact) mass is 622 g/mol. The summed E-state index contributed by atoms with van der Waals surface area (Å²) in [6.45, 7) is 7.79. The average molecular weight is 622 g/mol. The summed E-state index contributed by atoms with van der Waals surface area (Å²) in [6, 6.07) is 0. The summed E-state index contributed by atoms with van der Waals surface area (Å²) >= 11 is 0. The molecule has 0 aliphatic rings. The summed E-state index contributed by atoms with van der Waals surface area (Å²) in [6.07, 6.45) is 43.2. The molecule has 0 N–H and O–H groups in total. The number of nitrogens with zero attached hydrogens (tertiary/aromatic N) is 2. The summed E-state index contributed by atoms with van der Waals surface area (Å²) in [5.74, 6) is 0.430. The molecular weight excluding hydrogens is 536 g/mol. The van der Waals surface area contributed by atoms with Crippen LogP contribution in [0.3, 0.4) is 0 Å². The predicted molar refractivity (Wildman–Crippen MR) is 199 cm³/mol. The van der Waals surface area contributed by atoms with Gasteiger partial charge in [-0.2, -0.15) is 0 Å². The van der Waals surface area contributed by atoms with Gasteiger partial charge in [-0.25, -0.2) is 0 Å². The lowest BCUT2D eigenvalue weighted by atomic mass is 10.0. The van der Waals surface area contributed by atoms with Gasteiger partial charge in [0, 0.05) is 19.5 Å². The van der Waals surface area contributed by atoms with Gasteiger partial charge in [0.15, 0.2) is 0 Å². The van der Waals surface area contributed by atoms with Crippen molar-refractivity contribution in [2.45, 2.75) is 219 Å². The fraction of sp³-hybridized carbons (Fsp3) is 0.976. The number of hydrogen-bond donors (Lipinski definition) is 0. The molecule has 3 nitrogen and oxygen atoms in total. The van der Waals surface area contributed by atoms with E-state index >= 15 is 0 Å². The number of amides is 1. The van der Waals surface area contributed by atoms with Crippen LogP contribution in [0.5, 0.6) is 0 Å². The summed E-state index contributed by atoms with van der Waals surface area (Å²) < 4.78 is 1.03. The molecule has 0 radical (unpaired) electrons. The van der Waals surface area contributed by atoms with Crippen molar-refractivity contribution >= 4 is 5.91 Å². The van der Waals surface area contributed by atoms with Crippen LogP contribution in [0.25, 0.3) is 0 Å². The van der Waals surface area contributed by atoms with Crippen molar-refractivity contribution in [3.05, 3.63) is 0 Å². The number of carbonyl (C=O) groups excluding carboxylic acids is 1. The zero-order chi connectivity index (χ0) is 32.4. The summed E-state index contributed by atoms with van der Waals surface area (Å²) in [4.78, 5) is 15.4. The second-order valence-corrected chi connectivity index (χ2v) is 15.4. The van der Waals surface area contributed by atoms with E-state index in [0.717, 1.165) is 30.4 Å². The van der Waals surface area contributed by atoms with Crippen molar-refractivity contribution in [3.63, 3.8) is 0 Å². The summed E-state index contributed by atoms with van der Waals surface area (Å²) in [5.41, 5.74) is 0. The largest absolute Gasteiger partial charge is 0.343 e. The lowest BCUT2D eigenvalue weighted by molar-refractivity contribution is -0.870. The van der Waals surface area contributed by atoms with Crippen LogP contribution in [0.4, 0.5) is 0 Å². The van der Waals surface area contributed by atoms with Crippen molar-refractivity contribution in [3.8, 4) is 0 Å². The van der Waals surface area contributed by atoms with Gasteiger partial charge in [0.05, 0.1) is 27.7 Å². The molecule has 0 aromatic heterocycles. The molecular formula is C41H85N2O+. The summed E-state index contributed by atoms with van der Waals surface area (Å²) in [7, 11) is 6.79. The average Bonchev–Trinajstić information content (AvgIpc) is 2.99. The predicted octanol–water partition coefficient (Wildman–Crippen LogP) is 13.0. The molecule has 0 heterocycles. The topological polar surface area (TPSA) is 20.3 Å². The first kappa shape index (κ1) is 43.4. The zero-order valence-corrected chi connectivity index (χ0v) is 31.6. The third-order valence-corrected chi connectivity index (χ3v) is 9.64. The maximum Gasteiger partial charge on any atom is 0.222 e. The minimum absolute atomic E-state index is 0.430. The van der Waals surface area contributed by atoms with Crippen molar-refractivity contribution < 1.29 is 9.28 Å². The van der Waals surface area contributed by atoms with Crippen molar-refractivity contribution in [2.75, 3.05) is 40.8 Å². The molecule has 0 aliphatic carbocycles. The quantitative estimate of drug-likeness (QED) is 0.0503. The fourth-order valence-corrected chi connectivity index (χ4v) is 6.55. The molecule has 0 fully saturated rings. The van der Waals surface area contributed by atoms with E-state index in [1.807, 2.05) is 0 Å². The Hall–Kier alpha value is -0.570. The molecule has 0 bridgehead atoms. The number of carbonyl (C=O) groups is 1. The molecule has 0 atom stereocenters. The normalized spacial score (nSPS) is 11.8. The number of unbranched alkanes of at least 4 members (excludes halogenated alkanes) is 28. The van der Waals surface area contributed by atoms with Gasteiger partial charge in [0.2, 0.25) is 5.91 Å². The van der Waals surface area contributed by atoms with E-state index in [4.69, 9.17) is 0 Å².